The Bertz CT molecular complexity index is 753. The van der Waals surface area contributed by atoms with Gasteiger partial charge < -0.3 is 25.4 Å². The van der Waals surface area contributed by atoms with Crippen molar-refractivity contribution in [2.45, 2.75) is 63.2 Å². The Morgan fingerprint density at radius 1 is 1.09 bits per heavy atom. The molecule has 0 aliphatic carbocycles. The molecule has 2 aliphatic rings. The highest BCUT2D eigenvalue weighted by atomic mass is 35.5. The number of carbonyl (C=O) groups is 2. The number of nitrogens with one attached hydrogen (secondary N) is 2. The molecule has 0 bridgehead atoms. The lowest BCUT2D eigenvalue weighted by Crippen LogP contribution is -2.51. The van der Waals surface area contributed by atoms with E-state index < -0.39 is 6.10 Å². The van der Waals surface area contributed by atoms with E-state index in [4.69, 9.17) is 27.9 Å². The Kier molecular flexibility index (Phi) is 10.1. The number of rotatable bonds is 9. The number of piperidine rings is 1. The summed E-state index contributed by atoms with van der Waals surface area (Å²) in [4.78, 5) is 27.0. The van der Waals surface area contributed by atoms with Crippen LogP contribution in [0.4, 0.5) is 0 Å². The third-order valence-electron chi connectivity index (χ3n) is 6.12. The fraction of sp³-hybridized carbons (Fsp3) is 0.652. The molecule has 1 aromatic carbocycles. The van der Waals surface area contributed by atoms with Crippen molar-refractivity contribution < 1.29 is 19.4 Å². The van der Waals surface area contributed by atoms with Gasteiger partial charge in [-0.1, -0.05) is 29.6 Å². The zero-order valence-electron chi connectivity index (χ0n) is 18.3. The van der Waals surface area contributed by atoms with Crippen LogP contribution in [0, 0.1) is 0 Å². The first-order chi connectivity index (χ1) is 15.4. The summed E-state index contributed by atoms with van der Waals surface area (Å²) < 4.78 is 6.00. The second-order valence-corrected chi connectivity index (χ2v) is 9.46. The fourth-order valence-electron chi connectivity index (χ4n) is 4.36. The summed E-state index contributed by atoms with van der Waals surface area (Å²) in [5.41, 5.74) is 0.410. The second kappa shape index (κ2) is 12.8. The van der Waals surface area contributed by atoms with E-state index in [-0.39, 0.29) is 30.6 Å². The van der Waals surface area contributed by atoms with Crippen LogP contribution < -0.4 is 10.6 Å². The molecule has 9 heteroatoms. The number of amides is 2. The van der Waals surface area contributed by atoms with Crippen LogP contribution in [0.2, 0.25) is 10.0 Å². The van der Waals surface area contributed by atoms with E-state index in [1.807, 2.05) is 0 Å². The van der Waals surface area contributed by atoms with E-state index in [0.29, 0.717) is 35.0 Å². The summed E-state index contributed by atoms with van der Waals surface area (Å²) >= 11 is 11.9. The number of likely N-dealkylation sites (tertiary alicyclic amines) is 1. The average molecular weight is 486 g/mol. The molecule has 3 rings (SSSR count). The first-order valence-corrected chi connectivity index (χ1v) is 12.2. The van der Waals surface area contributed by atoms with Gasteiger partial charge in [-0.2, -0.15) is 0 Å². The Labute approximate surface area is 199 Å². The van der Waals surface area contributed by atoms with Gasteiger partial charge in [0, 0.05) is 35.1 Å². The molecule has 2 heterocycles. The van der Waals surface area contributed by atoms with Crippen LogP contribution in [-0.4, -0.2) is 72.9 Å². The van der Waals surface area contributed by atoms with Crippen molar-refractivity contribution in [2.75, 3.05) is 32.8 Å². The van der Waals surface area contributed by atoms with Gasteiger partial charge in [0.05, 0.1) is 18.8 Å². The summed E-state index contributed by atoms with van der Waals surface area (Å²) in [6.45, 7) is 3.20. The summed E-state index contributed by atoms with van der Waals surface area (Å²) in [5.74, 6) is -0.240. The number of hydrogen-bond acceptors (Lipinski definition) is 5. The molecule has 0 aromatic heterocycles. The monoisotopic (exact) mass is 485 g/mol. The molecule has 3 atom stereocenters. The molecule has 2 fully saturated rings. The second-order valence-electron chi connectivity index (χ2n) is 8.59. The Morgan fingerprint density at radius 2 is 1.81 bits per heavy atom. The van der Waals surface area contributed by atoms with Crippen molar-refractivity contribution >= 4 is 35.0 Å². The molecule has 2 aliphatic heterocycles. The van der Waals surface area contributed by atoms with Gasteiger partial charge in [0.25, 0.3) is 5.91 Å². The van der Waals surface area contributed by atoms with Crippen LogP contribution in [0.1, 0.15) is 55.3 Å². The first-order valence-electron chi connectivity index (χ1n) is 11.5. The number of aliphatic hydroxyl groups is 1. The first kappa shape index (κ1) is 25.2. The van der Waals surface area contributed by atoms with Gasteiger partial charge in [0.15, 0.2) is 0 Å². The molecular weight excluding hydrogens is 453 g/mol. The van der Waals surface area contributed by atoms with Crippen LogP contribution in [0.15, 0.2) is 18.2 Å². The summed E-state index contributed by atoms with van der Waals surface area (Å²) in [5, 5.41) is 16.5. The number of nitrogens with zero attached hydrogens (tertiary/aromatic N) is 1. The van der Waals surface area contributed by atoms with Gasteiger partial charge in [0.1, 0.15) is 6.10 Å². The van der Waals surface area contributed by atoms with Gasteiger partial charge >= 0.3 is 0 Å². The van der Waals surface area contributed by atoms with Crippen LogP contribution >= 0.6 is 23.2 Å². The SMILES string of the molecule is O=C(CCN1CCCCC1)N[C@@H]1CC[C@H](CCNC(=O)c2cc(Cl)cc(Cl)c2)O[C@@H]1CO. The molecule has 2 saturated heterocycles. The fourth-order valence-corrected chi connectivity index (χ4v) is 4.89. The molecule has 3 N–H and O–H groups in total. The lowest BCUT2D eigenvalue weighted by Gasteiger charge is -2.36. The zero-order valence-corrected chi connectivity index (χ0v) is 19.8. The highest BCUT2D eigenvalue weighted by molar-refractivity contribution is 6.35. The largest absolute Gasteiger partial charge is 0.394 e. The molecule has 32 heavy (non-hydrogen) atoms. The van der Waals surface area contributed by atoms with Crippen molar-refractivity contribution in [3.63, 3.8) is 0 Å². The topological polar surface area (TPSA) is 90.9 Å². The number of ether oxygens (including phenoxy) is 1. The number of halogens is 2. The van der Waals surface area contributed by atoms with Crippen molar-refractivity contribution in [1.29, 1.82) is 0 Å². The number of benzene rings is 1. The van der Waals surface area contributed by atoms with Gasteiger partial charge in [0.2, 0.25) is 5.91 Å². The highest BCUT2D eigenvalue weighted by Gasteiger charge is 2.31. The molecule has 2 amide bonds. The average Bonchev–Trinajstić information content (AvgIpc) is 2.78. The minimum atomic E-state index is -0.435. The molecule has 0 spiro atoms. The summed E-state index contributed by atoms with van der Waals surface area (Å²) in [7, 11) is 0. The molecule has 0 saturated carbocycles. The van der Waals surface area contributed by atoms with Crippen LogP contribution in [-0.2, 0) is 9.53 Å². The molecule has 0 unspecified atom stereocenters. The molecule has 1 aromatic rings. The molecular formula is C23H33Cl2N3O4. The minimum Gasteiger partial charge on any atom is -0.394 e. The standard InChI is InChI=1S/C23H33Cl2N3O4/c24-17-12-16(13-18(25)14-17)23(31)26-8-6-19-4-5-20(21(15-29)32-19)27-22(30)7-11-28-9-2-1-3-10-28/h12-14,19-21,29H,1-11,15H2,(H,26,31)(H,27,30)/t19-,20-,21-/m1/s1. The quantitative estimate of drug-likeness (QED) is 0.499. The molecule has 178 valence electrons. The molecule has 0 radical (unpaired) electrons. The van der Waals surface area contributed by atoms with Gasteiger partial charge in [-0.05, 0) is 63.4 Å². The highest BCUT2D eigenvalue weighted by Crippen LogP contribution is 2.22. The smallest absolute Gasteiger partial charge is 0.251 e. The Morgan fingerprint density at radius 3 is 2.50 bits per heavy atom. The van der Waals surface area contributed by atoms with E-state index in [1.165, 1.54) is 19.3 Å². The summed E-state index contributed by atoms with van der Waals surface area (Å²) in [6, 6.07) is 4.53. The van der Waals surface area contributed by atoms with Crippen LogP contribution in [0.5, 0.6) is 0 Å². The lowest BCUT2D eigenvalue weighted by molar-refractivity contribution is -0.128. The van der Waals surface area contributed by atoms with Crippen molar-refractivity contribution in [3.8, 4) is 0 Å². The van der Waals surface area contributed by atoms with E-state index in [1.54, 1.807) is 18.2 Å². The third-order valence-corrected chi connectivity index (χ3v) is 6.56. The lowest BCUT2D eigenvalue weighted by atomic mass is 9.97. The van der Waals surface area contributed by atoms with E-state index >= 15 is 0 Å². The maximum absolute atomic E-state index is 12.4. The molecule has 7 nitrogen and oxygen atoms in total. The number of hydrogen-bond donors (Lipinski definition) is 3. The maximum Gasteiger partial charge on any atom is 0.251 e. The van der Waals surface area contributed by atoms with Crippen molar-refractivity contribution in [1.82, 2.24) is 15.5 Å². The minimum absolute atomic E-state index is 0.00789. The van der Waals surface area contributed by atoms with Gasteiger partial charge in [-0.25, -0.2) is 0 Å². The Balaban J connectivity index is 1.37. The third kappa shape index (κ3) is 7.89. The van der Waals surface area contributed by atoms with E-state index in [0.717, 1.165) is 32.5 Å². The summed E-state index contributed by atoms with van der Waals surface area (Å²) in [6.07, 6.45) is 5.75. The van der Waals surface area contributed by atoms with Crippen LogP contribution in [0.3, 0.4) is 0 Å². The van der Waals surface area contributed by atoms with E-state index in [2.05, 4.69) is 15.5 Å². The predicted molar refractivity (Wildman–Crippen MR) is 125 cm³/mol. The van der Waals surface area contributed by atoms with Crippen LogP contribution in [0.25, 0.3) is 0 Å². The predicted octanol–water partition coefficient (Wildman–Crippen LogP) is 3.01. The van der Waals surface area contributed by atoms with Gasteiger partial charge in [-0.3, -0.25) is 9.59 Å². The maximum atomic E-state index is 12.4. The van der Waals surface area contributed by atoms with E-state index in [9.17, 15) is 14.7 Å². The van der Waals surface area contributed by atoms with Crippen molar-refractivity contribution in [3.05, 3.63) is 33.8 Å². The normalized spacial score (nSPS) is 24.2. The number of aliphatic hydroxyl groups excluding tert-OH is 1. The number of carbonyl (C=O) groups excluding carboxylic acids is 2. The zero-order chi connectivity index (χ0) is 22.9. The Hall–Kier alpha value is -1.38. The van der Waals surface area contributed by atoms with Gasteiger partial charge in [-0.15, -0.1) is 0 Å². The van der Waals surface area contributed by atoms with Crippen molar-refractivity contribution in [2.24, 2.45) is 0 Å².